The number of hydrogen-bond acceptors (Lipinski definition) is 6. The number of ether oxygens (including phenoxy) is 2. The van der Waals surface area contributed by atoms with E-state index in [-0.39, 0.29) is 37.3 Å². The number of aryl methyl sites for hydroxylation is 3. The smallest absolute Gasteiger partial charge is 0.309 e. The van der Waals surface area contributed by atoms with E-state index in [1.165, 1.54) is 6.07 Å². The van der Waals surface area contributed by atoms with Gasteiger partial charge in [-0.3, -0.25) is 14.5 Å². The molecule has 2 aliphatic rings. The Labute approximate surface area is 246 Å². The van der Waals surface area contributed by atoms with E-state index in [4.69, 9.17) is 9.47 Å². The minimum atomic E-state index is -1.01. The zero-order valence-electron chi connectivity index (χ0n) is 24.7. The van der Waals surface area contributed by atoms with E-state index >= 15 is 0 Å². The third-order valence-corrected chi connectivity index (χ3v) is 8.33. The van der Waals surface area contributed by atoms with E-state index < -0.39 is 29.7 Å². The lowest BCUT2D eigenvalue weighted by molar-refractivity contribution is -0.143. The van der Waals surface area contributed by atoms with Crippen molar-refractivity contribution in [3.8, 4) is 11.5 Å². The van der Waals surface area contributed by atoms with Crippen molar-refractivity contribution < 1.29 is 28.6 Å². The highest BCUT2D eigenvalue weighted by molar-refractivity contribution is 5.94. The Bertz CT molecular complexity index is 1460. The van der Waals surface area contributed by atoms with Gasteiger partial charge in [0.25, 0.3) is 0 Å². The molecule has 8 nitrogen and oxygen atoms in total. The lowest BCUT2D eigenvalue weighted by Crippen LogP contribution is -2.35. The summed E-state index contributed by atoms with van der Waals surface area (Å²) >= 11 is 0. The molecular formula is C33H38FN3O5. The summed E-state index contributed by atoms with van der Waals surface area (Å²) in [6.45, 7) is 6.31. The second kappa shape index (κ2) is 12.0. The molecule has 0 radical (unpaired) electrons. The number of amides is 1. The molecule has 1 fully saturated rings. The SMILES string of the molecule is CCc1cc(C)cc(CC)c1NC(=O)CN1C[C@H](c2cc(F)c3c(c2)OCO3)[C@@H](C(=O)O)[C@@H]1c1ccc(N(C)C)cc1. The molecule has 222 valence electrons. The summed E-state index contributed by atoms with van der Waals surface area (Å²) in [6.07, 6.45) is 1.54. The second-order valence-corrected chi connectivity index (χ2v) is 11.3. The largest absolute Gasteiger partial charge is 0.481 e. The third kappa shape index (κ3) is 5.66. The first-order valence-electron chi connectivity index (χ1n) is 14.4. The van der Waals surface area contributed by atoms with E-state index in [1.807, 2.05) is 55.1 Å². The van der Waals surface area contributed by atoms with Gasteiger partial charge < -0.3 is 24.8 Å². The summed E-state index contributed by atoms with van der Waals surface area (Å²) in [5, 5.41) is 13.7. The first kappa shape index (κ1) is 29.4. The van der Waals surface area contributed by atoms with Crippen LogP contribution in [0.1, 0.15) is 53.6 Å². The Hall–Kier alpha value is -4.11. The number of carboxylic acids is 1. The number of nitrogens with zero attached hydrogens (tertiary/aromatic N) is 2. The van der Waals surface area contributed by atoms with Crippen LogP contribution in [0.5, 0.6) is 11.5 Å². The molecule has 2 N–H and O–H groups in total. The van der Waals surface area contributed by atoms with Gasteiger partial charge in [0.15, 0.2) is 11.6 Å². The van der Waals surface area contributed by atoms with Gasteiger partial charge >= 0.3 is 5.97 Å². The van der Waals surface area contributed by atoms with Crippen molar-refractivity contribution in [1.82, 2.24) is 4.90 Å². The molecule has 0 aromatic heterocycles. The molecule has 0 unspecified atom stereocenters. The van der Waals surface area contributed by atoms with Crippen molar-refractivity contribution in [3.05, 3.63) is 82.2 Å². The first-order valence-corrected chi connectivity index (χ1v) is 14.4. The Morgan fingerprint density at radius 1 is 1.02 bits per heavy atom. The van der Waals surface area contributed by atoms with E-state index in [1.54, 1.807) is 6.07 Å². The second-order valence-electron chi connectivity index (χ2n) is 11.3. The number of aliphatic carboxylic acids is 1. The Kier molecular flexibility index (Phi) is 8.41. The molecule has 0 aliphatic carbocycles. The molecule has 2 heterocycles. The molecule has 5 rings (SSSR count). The highest BCUT2D eigenvalue weighted by Crippen LogP contribution is 2.48. The fraction of sp³-hybridized carbons (Fsp3) is 0.394. The molecule has 3 atom stereocenters. The fourth-order valence-electron chi connectivity index (χ4n) is 6.32. The van der Waals surface area contributed by atoms with Crippen LogP contribution in [0.15, 0.2) is 48.5 Å². The summed E-state index contributed by atoms with van der Waals surface area (Å²) < 4.78 is 25.6. The van der Waals surface area contributed by atoms with Gasteiger partial charge in [-0.1, -0.05) is 43.7 Å². The number of anilines is 2. The van der Waals surface area contributed by atoms with E-state index in [0.717, 1.165) is 46.5 Å². The van der Waals surface area contributed by atoms with Crippen molar-refractivity contribution in [2.75, 3.05) is 44.2 Å². The van der Waals surface area contributed by atoms with Crippen molar-refractivity contribution in [2.24, 2.45) is 5.92 Å². The van der Waals surface area contributed by atoms with Gasteiger partial charge in [-0.25, -0.2) is 4.39 Å². The highest BCUT2D eigenvalue weighted by Gasteiger charge is 2.48. The number of hydrogen-bond donors (Lipinski definition) is 2. The minimum absolute atomic E-state index is 0.0202. The van der Waals surface area contributed by atoms with Crippen LogP contribution in [-0.4, -0.2) is 55.9 Å². The summed E-state index contributed by atoms with van der Waals surface area (Å²) in [5.74, 6) is -3.05. The molecule has 2 aliphatic heterocycles. The molecule has 9 heteroatoms. The standard InChI is InChI=1S/C33H38FN3O5/c1-6-20-12-19(3)13-21(7-2)30(20)35-28(38)17-37-16-25(23-14-26(34)32-27(15-23)41-18-42-32)29(33(39)40)31(37)22-8-10-24(11-9-22)36(4)5/h8-15,25,29,31H,6-7,16-18H2,1-5H3,(H,35,38)(H,39,40)/t25-,29-,31+/m1/s1. The molecule has 1 saturated heterocycles. The Morgan fingerprint density at radius 2 is 1.69 bits per heavy atom. The van der Waals surface area contributed by atoms with Crippen LogP contribution in [0, 0.1) is 18.7 Å². The average molecular weight is 576 g/mol. The number of likely N-dealkylation sites (tertiary alicyclic amines) is 1. The highest BCUT2D eigenvalue weighted by atomic mass is 19.1. The van der Waals surface area contributed by atoms with Crippen LogP contribution in [-0.2, 0) is 22.4 Å². The van der Waals surface area contributed by atoms with Crippen LogP contribution in [0.3, 0.4) is 0 Å². The van der Waals surface area contributed by atoms with Crippen LogP contribution in [0.2, 0.25) is 0 Å². The lowest BCUT2D eigenvalue weighted by atomic mass is 9.82. The van der Waals surface area contributed by atoms with E-state index in [0.29, 0.717) is 5.56 Å². The Balaban J connectivity index is 1.51. The van der Waals surface area contributed by atoms with Gasteiger partial charge in [0.05, 0.1) is 12.5 Å². The number of benzene rings is 3. The number of carbonyl (C=O) groups is 2. The van der Waals surface area contributed by atoms with Crippen molar-refractivity contribution in [3.63, 3.8) is 0 Å². The van der Waals surface area contributed by atoms with Crippen molar-refractivity contribution in [2.45, 2.75) is 45.6 Å². The Morgan fingerprint density at radius 3 is 2.29 bits per heavy atom. The van der Waals surface area contributed by atoms with Gasteiger partial charge in [-0.15, -0.1) is 0 Å². The molecule has 3 aromatic rings. The lowest BCUT2D eigenvalue weighted by Gasteiger charge is -2.27. The molecule has 3 aromatic carbocycles. The third-order valence-electron chi connectivity index (χ3n) is 8.33. The maximum atomic E-state index is 15.0. The molecule has 0 saturated carbocycles. The van der Waals surface area contributed by atoms with Gasteiger partial charge in [-0.05, 0) is 66.3 Å². The summed E-state index contributed by atoms with van der Waals surface area (Å²) in [6, 6.07) is 14.3. The van der Waals surface area contributed by atoms with Gasteiger partial charge in [-0.2, -0.15) is 0 Å². The van der Waals surface area contributed by atoms with E-state index in [2.05, 4.69) is 31.3 Å². The molecular weight excluding hydrogens is 537 g/mol. The van der Waals surface area contributed by atoms with E-state index in [9.17, 15) is 19.1 Å². The fourth-order valence-corrected chi connectivity index (χ4v) is 6.32. The van der Waals surface area contributed by atoms with Crippen molar-refractivity contribution >= 4 is 23.3 Å². The average Bonchev–Trinajstić information content (AvgIpc) is 3.59. The van der Waals surface area contributed by atoms with Gasteiger partial charge in [0.1, 0.15) is 0 Å². The maximum Gasteiger partial charge on any atom is 0.309 e. The summed E-state index contributed by atoms with van der Waals surface area (Å²) in [4.78, 5) is 30.4. The van der Waals surface area contributed by atoms with Crippen LogP contribution in [0.25, 0.3) is 0 Å². The number of carbonyl (C=O) groups excluding carboxylic acids is 1. The minimum Gasteiger partial charge on any atom is -0.481 e. The molecule has 0 spiro atoms. The van der Waals surface area contributed by atoms with Gasteiger partial charge in [0.2, 0.25) is 18.4 Å². The molecule has 0 bridgehead atoms. The quantitative estimate of drug-likeness (QED) is 0.347. The normalized spacial score (nSPS) is 19.6. The topological polar surface area (TPSA) is 91.3 Å². The predicted octanol–water partition coefficient (Wildman–Crippen LogP) is 5.53. The number of fused-ring (bicyclic) bond motifs is 1. The first-order chi connectivity index (χ1) is 20.1. The molecule has 42 heavy (non-hydrogen) atoms. The van der Waals surface area contributed by atoms with Crippen molar-refractivity contribution in [1.29, 1.82) is 0 Å². The summed E-state index contributed by atoms with van der Waals surface area (Å²) in [7, 11) is 3.87. The van der Waals surface area contributed by atoms with Crippen LogP contribution >= 0.6 is 0 Å². The monoisotopic (exact) mass is 575 g/mol. The maximum absolute atomic E-state index is 15.0. The summed E-state index contributed by atoms with van der Waals surface area (Å²) in [5.41, 5.74) is 6.35. The zero-order valence-corrected chi connectivity index (χ0v) is 24.7. The predicted molar refractivity (Wildman–Crippen MR) is 160 cm³/mol. The van der Waals surface area contributed by atoms with Crippen LogP contribution in [0.4, 0.5) is 15.8 Å². The number of rotatable bonds is 9. The van der Waals surface area contributed by atoms with Gasteiger partial charge in [0, 0.05) is 44.0 Å². The number of carboxylic acid groups (broad SMARTS) is 1. The van der Waals surface area contributed by atoms with Crippen LogP contribution < -0.4 is 19.7 Å². The zero-order chi connectivity index (χ0) is 30.1. The number of halogens is 1. The number of nitrogens with one attached hydrogen (secondary N) is 1. The molecule has 1 amide bonds.